The van der Waals surface area contributed by atoms with Crippen molar-refractivity contribution in [3.63, 3.8) is 0 Å². The molecule has 0 amide bonds. The van der Waals surface area contributed by atoms with Crippen LogP contribution >= 0.6 is 0 Å². The van der Waals surface area contributed by atoms with Gasteiger partial charge in [-0.15, -0.1) is 0 Å². The summed E-state index contributed by atoms with van der Waals surface area (Å²) in [6, 6.07) is 5.16. The van der Waals surface area contributed by atoms with Gasteiger partial charge < -0.3 is 10.6 Å². The van der Waals surface area contributed by atoms with Gasteiger partial charge in [0.05, 0.1) is 6.42 Å². The van der Waals surface area contributed by atoms with E-state index >= 15 is 0 Å². The first-order valence-corrected chi connectivity index (χ1v) is 5.43. The lowest BCUT2D eigenvalue weighted by molar-refractivity contribution is -0.132. The number of nitrogens with two attached hydrogens (primary N) is 1. The Morgan fingerprint density at radius 2 is 2.00 bits per heavy atom. The van der Waals surface area contributed by atoms with Crippen LogP contribution in [-0.2, 0) is 0 Å². The summed E-state index contributed by atoms with van der Waals surface area (Å²) >= 11 is 0. The van der Waals surface area contributed by atoms with Crippen molar-refractivity contribution in [1.82, 2.24) is 0 Å². The van der Waals surface area contributed by atoms with E-state index in [4.69, 9.17) is 11.1 Å². The summed E-state index contributed by atoms with van der Waals surface area (Å²) in [5, 5.41) is 7.45. The van der Waals surface area contributed by atoms with E-state index in [1.807, 2.05) is 6.92 Å². The summed E-state index contributed by atoms with van der Waals surface area (Å²) in [7, 11) is 1.56. The molecule has 6 heteroatoms. The molecule has 0 atom stereocenters. The molecule has 1 aromatic carbocycles. The summed E-state index contributed by atoms with van der Waals surface area (Å²) in [4.78, 5) is 1.46. The lowest BCUT2D eigenvalue weighted by Crippen LogP contribution is -2.26. The molecule has 0 unspecified atom stereocenters. The minimum absolute atomic E-state index is 0.146. The van der Waals surface area contributed by atoms with Crippen molar-refractivity contribution in [2.24, 2.45) is 5.73 Å². The second kappa shape index (κ2) is 5.29. The third kappa shape index (κ3) is 3.94. The minimum Gasteiger partial charge on any atom is -0.384 e. The zero-order chi connectivity index (χ0) is 13.9. The molecule has 1 rings (SSSR count). The molecule has 3 nitrogen and oxygen atoms in total. The number of amidine groups is 1. The number of nitrogens with zero attached hydrogens (tertiary/aromatic N) is 1. The Bertz CT molecular complexity index is 441. The predicted molar refractivity (Wildman–Crippen MR) is 66.1 cm³/mol. The van der Waals surface area contributed by atoms with Crippen LogP contribution in [-0.4, -0.2) is 25.6 Å². The lowest BCUT2D eigenvalue weighted by Gasteiger charge is -2.23. The maximum atomic E-state index is 12.2. The molecule has 0 fully saturated rings. The maximum absolute atomic E-state index is 12.2. The van der Waals surface area contributed by atoms with Crippen molar-refractivity contribution in [2.75, 3.05) is 18.5 Å². The number of hydrogen-bond acceptors (Lipinski definition) is 2. The molecule has 1 aromatic rings. The van der Waals surface area contributed by atoms with Crippen LogP contribution in [0.3, 0.4) is 0 Å². The number of rotatable bonds is 4. The Morgan fingerprint density at radius 3 is 2.50 bits per heavy atom. The molecule has 0 aliphatic carbocycles. The molecule has 0 saturated carbocycles. The zero-order valence-corrected chi connectivity index (χ0v) is 10.3. The Kier molecular flexibility index (Phi) is 4.21. The van der Waals surface area contributed by atoms with Gasteiger partial charge in [0.1, 0.15) is 5.84 Å². The van der Waals surface area contributed by atoms with E-state index in [2.05, 4.69) is 0 Å². The molecular weight excluding hydrogens is 243 g/mol. The summed E-state index contributed by atoms with van der Waals surface area (Å²) in [5.41, 5.74) is 7.35. The van der Waals surface area contributed by atoms with Gasteiger partial charge in [0.15, 0.2) is 0 Å². The number of nitrogens with one attached hydrogen (secondary N) is 1. The number of nitrogen functional groups attached to an aromatic ring is 1. The van der Waals surface area contributed by atoms with Crippen LogP contribution < -0.4 is 10.6 Å². The summed E-state index contributed by atoms with van der Waals surface area (Å²) in [6.45, 7) is 1.68. The molecule has 0 spiro atoms. The Hall–Kier alpha value is -1.72. The van der Waals surface area contributed by atoms with Gasteiger partial charge in [0.2, 0.25) is 0 Å². The molecule has 0 radical (unpaired) electrons. The second-order valence-corrected chi connectivity index (χ2v) is 4.22. The summed E-state index contributed by atoms with van der Waals surface area (Å²) in [6.07, 6.45) is -5.08. The first-order chi connectivity index (χ1) is 8.20. The van der Waals surface area contributed by atoms with E-state index in [0.29, 0.717) is 11.3 Å². The normalized spacial score (nSPS) is 11.4. The van der Waals surface area contributed by atoms with E-state index in [1.165, 1.54) is 4.90 Å². The number of hydrogen-bond donors (Lipinski definition) is 2. The Balaban J connectivity index is 2.91. The molecule has 18 heavy (non-hydrogen) atoms. The highest BCUT2D eigenvalue weighted by atomic mass is 19.4. The fraction of sp³-hybridized carbons (Fsp3) is 0.417. The second-order valence-electron chi connectivity index (χ2n) is 4.22. The van der Waals surface area contributed by atoms with Gasteiger partial charge in [0, 0.05) is 24.8 Å². The highest BCUT2D eigenvalue weighted by Crippen LogP contribution is 2.24. The van der Waals surface area contributed by atoms with Crippen LogP contribution in [0.1, 0.15) is 17.5 Å². The smallest absolute Gasteiger partial charge is 0.384 e. The number of halogens is 3. The fourth-order valence-corrected chi connectivity index (χ4v) is 1.61. The van der Waals surface area contributed by atoms with E-state index in [1.54, 1.807) is 25.2 Å². The Labute approximate surface area is 104 Å². The topological polar surface area (TPSA) is 53.1 Å². The van der Waals surface area contributed by atoms with Gasteiger partial charge in [-0.05, 0) is 19.1 Å². The highest BCUT2D eigenvalue weighted by Gasteiger charge is 2.27. The number of anilines is 1. The molecule has 0 aliphatic rings. The maximum Gasteiger partial charge on any atom is 0.390 e. The van der Waals surface area contributed by atoms with E-state index in [0.717, 1.165) is 5.56 Å². The van der Waals surface area contributed by atoms with Gasteiger partial charge in [-0.1, -0.05) is 11.6 Å². The number of aryl methyl sites for hydroxylation is 1. The van der Waals surface area contributed by atoms with Crippen molar-refractivity contribution >= 4 is 11.5 Å². The minimum atomic E-state index is -4.19. The molecular formula is C12H16F3N3. The summed E-state index contributed by atoms with van der Waals surface area (Å²) in [5.74, 6) is -0.146. The quantitative estimate of drug-likeness (QED) is 0.645. The van der Waals surface area contributed by atoms with Crippen molar-refractivity contribution < 1.29 is 13.2 Å². The van der Waals surface area contributed by atoms with Gasteiger partial charge in [-0.25, -0.2) is 0 Å². The van der Waals surface area contributed by atoms with E-state index in [-0.39, 0.29) is 12.4 Å². The van der Waals surface area contributed by atoms with Crippen molar-refractivity contribution in [1.29, 1.82) is 5.41 Å². The van der Waals surface area contributed by atoms with Gasteiger partial charge in [-0.3, -0.25) is 5.41 Å². The molecule has 0 bridgehead atoms. The molecule has 3 N–H and O–H groups in total. The third-order valence-electron chi connectivity index (χ3n) is 2.58. The SMILES string of the molecule is Cc1ccc(N(C)CCC(F)(F)F)c(C(=N)N)c1. The first-order valence-electron chi connectivity index (χ1n) is 5.43. The third-order valence-corrected chi connectivity index (χ3v) is 2.58. The van der Waals surface area contributed by atoms with Gasteiger partial charge >= 0.3 is 6.18 Å². The molecule has 100 valence electrons. The van der Waals surface area contributed by atoms with Crippen LogP contribution in [0.4, 0.5) is 18.9 Å². The lowest BCUT2D eigenvalue weighted by atomic mass is 10.1. The first kappa shape index (κ1) is 14.3. The Morgan fingerprint density at radius 1 is 1.39 bits per heavy atom. The van der Waals surface area contributed by atoms with Gasteiger partial charge in [0.25, 0.3) is 0 Å². The van der Waals surface area contributed by atoms with Crippen molar-refractivity contribution in [3.8, 4) is 0 Å². The molecule has 0 aliphatic heterocycles. The monoisotopic (exact) mass is 259 g/mol. The molecule has 0 saturated heterocycles. The van der Waals surface area contributed by atoms with E-state index < -0.39 is 12.6 Å². The largest absolute Gasteiger partial charge is 0.390 e. The van der Waals surface area contributed by atoms with Crippen molar-refractivity contribution in [3.05, 3.63) is 29.3 Å². The molecule has 0 heterocycles. The van der Waals surface area contributed by atoms with Crippen LogP contribution in [0, 0.1) is 12.3 Å². The standard InChI is InChI=1S/C12H16F3N3/c1-8-3-4-10(9(7-8)11(16)17)18(2)6-5-12(13,14)15/h3-4,7H,5-6H2,1-2H3,(H3,16,17). The molecule has 0 aromatic heterocycles. The number of alkyl halides is 3. The van der Waals surface area contributed by atoms with Crippen LogP contribution in [0.25, 0.3) is 0 Å². The average molecular weight is 259 g/mol. The van der Waals surface area contributed by atoms with Crippen LogP contribution in [0.2, 0.25) is 0 Å². The van der Waals surface area contributed by atoms with Crippen molar-refractivity contribution in [2.45, 2.75) is 19.5 Å². The van der Waals surface area contributed by atoms with Crippen LogP contribution in [0.15, 0.2) is 18.2 Å². The fourth-order valence-electron chi connectivity index (χ4n) is 1.61. The zero-order valence-electron chi connectivity index (χ0n) is 10.3. The van der Waals surface area contributed by atoms with Gasteiger partial charge in [-0.2, -0.15) is 13.2 Å². The van der Waals surface area contributed by atoms with Crippen LogP contribution in [0.5, 0.6) is 0 Å². The average Bonchev–Trinajstić information content (AvgIpc) is 2.24. The highest BCUT2D eigenvalue weighted by molar-refractivity contribution is 6.00. The number of benzene rings is 1. The predicted octanol–water partition coefficient (Wildman–Crippen LogP) is 2.67. The van der Waals surface area contributed by atoms with E-state index in [9.17, 15) is 13.2 Å². The summed E-state index contributed by atoms with van der Waals surface area (Å²) < 4.78 is 36.5.